The van der Waals surface area contributed by atoms with Crippen molar-refractivity contribution in [1.82, 2.24) is 0 Å². The molecule has 4 nitrogen and oxygen atoms in total. The monoisotopic (exact) mass is 316 g/mol. The standard InChI is InChI=1S/C14H30O4S.Na/c1-3-5-7-9-13(15)10-8-12-14(11-6-4-2)19(16,17)18;/h13-15H,3-12H2,1-2H3,(H,16,17,18);/q;+1/p-1. The smallest absolute Gasteiger partial charge is 0.748 e. The Hall–Kier alpha value is 0.870. The second kappa shape index (κ2) is 13.5. The molecular weight excluding hydrogens is 287 g/mol. The van der Waals surface area contributed by atoms with Gasteiger partial charge in [-0.25, -0.2) is 8.42 Å². The number of hydrogen-bond acceptors (Lipinski definition) is 4. The molecule has 0 bridgehead atoms. The Morgan fingerprint density at radius 1 is 0.900 bits per heavy atom. The second-order valence-electron chi connectivity index (χ2n) is 5.34. The van der Waals surface area contributed by atoms with Crippen LogP contribution in [-0.4, -0.2) is 29.4 Å². The summed E-state index contributed by atoms with van der Waals surface area (Å²) in [5.74, 6) is 0. The Labute approximate surface area is 146 Å². The van der Waals surface area contributed by atoms with Gasteiger partial charge < -0.3 is 9.66 Å². The van der Waals surface area contributed by atoms with Crippen molar-refractivity contribution in [2.24, 2.45) is 0 Å². The van der Waals surface area contributed by atoms with Crippen LogP contribution in [0.3, 0.4) is 0 Å². The molecule has 0 saturated heterocycles. The van der Waals surface area contributed by atoms with Crippen molar-refractivity contribution in [3.8, 4) is 0 Å². The van der Waals surface area contributed by atoms with Crippen molar-refractivity contribution >= 4 is 10.1 Å². The van der Waals surface area contributed by atoms with E-state index in [1.54, 1.807) is 0 Å². The number of rotatable bonds is 12. The summed E-state index contributed by atoms with van der Waals surface area (Å²) in [5.41, 5.74) is 0. The second-order valence-corrected chi connectivity index (χ2v) is 6.99. The van der Waals surface area contributed by atoms with Crippen LogP contribution in [0.5, 0.6) is 0 Å². The minimum Gasteiger partial charge on any atom is -0.748 e. The van der Waals surface area contributed by atoms with Gasteiger partial charge in [0, 0.05) is 5.25 Å². The van der Waals surface area contributed by atoms with Crippen molar-refractivity contribution < 1.29 is 47.6 Å². The van der Waals surface area contributed by atoms with E-state index in [1.165, 1.54) is 0 Å². The molecule has 2 unspecified atom stereocenters. The van der Waals surface area contributed by atoms with Gasteiger partial charge in [-0.05, 0) is 32.1 Å². The van der Waals surface area contributed by atoms with Crippen molar-refractivity contribution in [3.05, 3.63) is 0 Å². The van der Waals surface area contributed by atoms with Gasteiger partial charge in [0.25, 0.3) is 0 Å². The first-order valence-electron chi connectivity index (χ1n) is 7.54. The van der Waals surface area contributed by atoms with Gasteiger partial charge in [-0.3, -0.25) is 0 Å². The van der Waals surface area contributed by atoms with Gasteiger partial charge in [0.15, 0.2) is 0 Å². The molecule has 6 heteroatoms. The molecule has 0 aliphatic rings. The molecule has 1 N–H and O–H groups in total. The molecule has 20 heavy (non-hydrogen) atoms. The molecule has 0 aliphatic carbocycles. The first kappa shape index (κ1) is 23.1. The van der Waals surface area contributed by atoms with E-state index in [4.69, 9.17) is 0 Å². The molecule has 0 heterocycles. The summed E-state index contributed by atoms with van der Waals surface area (Å²) in [6.07, 6.45) is 7.39. The summed E-state index contributed by atoms with van der Waals surface area (Å²) < 4.78 is 33.3. The van der Waals surface area contributed by atoms with Gasteiger partial charge in [0.2, 0.25) is 0 Å². The quantitative estimate of drug-likeness (QED) is 0.317. The number of aliphatic hydroxyl groups excluding tert-OH is 1. The van der Waals surface area contributed by atoms with Crippen LogP contribution >= 0.6 is 0 Å². The molecule has 0 aromatic carbocycles. The minimum absolute atomic E-state index is 0. The van der Waals surface area contributed by atoms with E-state index in [1.807, 2.05) is 6.92 Å². The molecule has 0 aromatic heterocycles. The third kappa shape index (κ3) is 12.6. The van der Waals surface area contributed by atoms with E-state index in [2.05, 4.69) is 6.92 Å². The van der Waals surface area contributed by atoms with Crippen LogP contribution in [0.2, 0.25) is 0 Å². The topological polar surface area (TPSA) is 77.4 Å². The Morgan fingerprint density at radius 3 is 1.90 bits per heavy atom. The summed E-state index contributed by atoms with van der Waals surface area (Å²) >= 11 is 0. The summed E-state index contributed by atoms with van der Waals surface area (Å²) in [4.78, 5) is 0. The molecular formula is C14H29NaO4S. The van der Waals surface area contributed by atoms with Gasteiger partial charge in [0.1, 0.15) is 0 Å². The molecule has 0 saturated carbocycles. The van der Waals surface area contributed by atoms with Crippen LogP contribution in [0.15, 0.2) is 0 Å². The maximum atomic E-state index is 11.1. The Balaban J connectivity index is 0. The molecule has 116 valence electrons. The maximum absolute atomic E-state index is 11.1. The largest absolute Gasteiger partial charge is 1.00 e. The minimum atomic E-state index is -4.19. The predicted octanol–water partition coefficient (Wildman–Crippen LogP) is 0.206. The summed E-state index contributed by atoms with van der Waals surface area (Å²) in [5, 5.41) is 8.97. The van der Waals surface area contributed by atoms with Crippen LogP contribution < -0.4 is 29.6 Å². The van der Waals surface area contributed by atoms with Gasteiger partial charge in [-0.15, -0.1) is 0 Å². The molecule has 0 rings (SSSR count). The Bertz CT molecular complexity index is 306. The van der Waals surface area contributed by atoms with E-state index in [0.29, 0.717) is 25.7 Å². The molecule has 0 aliphatic heterocycles. The molecule has 2 atom stereocenters. The van der Waals surface area contributed by atoms with Crippen molar-refractivity contribution in [1.29, 1.82) is 0 Å². The van der Waals surface area contributed by atoms with E-state index in [-0.39, 0.29) is 35.7 Å². The van der Waals surface area contributed by atoms with Crippen molar-refractivity contribution in [3.63, 3.8) is 0 Å². The van der Waals surface area contributed by atoms with E-state index >= 15 is 0 Å². The van der Waals surface area contributed by atoms with Crippen LogP contribution in [0, 0.1) is 0 Å². The van der Waals surface area contributed by atoms with Crippen LogP contribution in [-0.2, 0) is 10.1 Å². The first-order chi connectivity index (χ1) is 8.91. The number of aliphatic hydroxyl groups is 1. The molecule has 0 spiro atoms. The number of hydrogen-bond donors (Lipinski definition) is 1. The van der Waals surface area contributed by atoms with Crippen LogP contribution in [0.1, 0.15) is 78.1 Å². The van der Waals surface area contributed by atoms with E-state index < -0.39 is 15.4 Å². The van der Waals surface area contributed by atoms with E-state index in [0.717, 1.165) is 38.5 Å². The molecule has 0 fully saturated rings. The zero-order valence-corrected chi connectivity index (χ0v) is 16.1. The summed E-state index contributed by atoms with van der Waals surface area (Å²) in [6.45, 7) is 4.09. The fraction of sp³-hybridized carbons (Fsp3) is 1.00. The van der Waals surface area contributed by atoms with Crippen LogP contribution in [0.4, 0.5) is 0 Å². The number of unbranched alkanes of at least 4 members (excludes halogenated alkanes) is 3. The maximum Gasteiger partial charge on any atom is 1.00 e. The van der Waals surface area contributed by atoms with Crippen LogP contribution in [0.25, 0.3) is 0 Å². The fourth-order valence-corrected chi connectivity index (χ4v) is 3.13. The Morgan fingerprint density at radius 2 is 1.40 bits per heavy atom. The fourth-order valence-electron chi connectivity index (χ4n) is 2.22. The SMILES string of the molecule is CCCCCC(O)CCCC(CCCC)S(=O)(=O)[O-].[Na+]. The summed E-state index contributed by atoms with van der Waals surface area (Å²) in [6, 6.07) is 0. The molecule has 0 radical (unpaired) electrons. The van der Waals surface area contributed by atoms with Gasteiger partial charge in [-0.2, -0.15) is 0 Å². The molecule has 0 amide bonds. The van der Waals surface area contributed by atoms with Crippen molar-refractivity contribution in [2.45, 2.75) is 89.4 Å². The average Bonchev–Trinajstić information content (AvgIpc) is 2.32. The zero-order chi connectivity index (χ0) is 14.7. The third-order valence-electron chi connectivity index (χ3n) is 3.49. The van der Waals surface area contributed by atoms with Crippen molar-refractivity contribution in [2.75, 3.05) is 0 Å². The van der Waals surface area contributed by atoms with Gasteiger partial charge >= 0.3 is 29.6 Å². The predicted molar refractivity (Wildman–Crippen MR) is 77.0 cm³/mol. The normalized spacial score (nSPS) is 14.6. The first-order valence-corrected chi connectivity index (χ1v) is 9.01. The van der Waals surface area contributed by atoms with E-state index in [9.17, 15) is 18.1 Å². The zero-order valence-electron chi connectivity index (χ0n) is 13.3. The third-order valence-corrected chi connectivity index (χ3v) is 4.78. The average molecular weight is 316 g/mol. The van der Waals surface area contributed by atoms with Gasteiger partial charge in [0.05, 0.1) is 16.2 Å². The summed E-state index contributed by atoms with van der Waals surface area (Å²) in [7, 11) is -4.19. The molecule has 0 aromatic rings. The Kier molecular flexibility index (Phi) is 15.7. The van der Waals surface area contributed by atoms with Gasteiger partial charge in [-0.1, -0.05) is 46.0 Å².